The third-order valence-electron chi connectivity index (χ3n) is 3.87. The molecule has 0 N–H and O–H groups in total. The molecule has 1 saturated heterocycles. The monoisotopic (exact) mass is 301 g/mol. The van der Waals surface area contributed by atoms with Gasteiger partial charge in [-0.05, 0) is 30.0 Å². The number of benzene rings is 2. The van der Waals surface area contributed by atoms with Crippen molar-refractivity contribution in [3.8, 4) is 11.1 Å². The Morgan fingerprint density at radius 2 is 1.62 bits per heavy atom. The minimum atomic E-state index is 0.642. The van der Waals surface area contributed by atoms with Gasteiger partial charge >= 0.3 is 0 Å². The van der Waals surface area contributed by atoms with Gasteiger partial charge in [0.05, 0.1) is 6.61 Å². The molecular weight excluding hydrogens is 282 g/mol. The molecule has 0 saturated carbocycles. The smallest absolute Gasteiger partial charge is 0.0935 e. The van der Waals surface area contributed by atoms with Gasteiger partial charge in [0.25, 0.3) is 0 Å². The Morgan fingerprint density at radius 3 is 2.33 bits per heavy atom. The van der Waals surface area contributed by atoms with Crippen LogP contribution in [0.4, 0.5) is 0 Å². The predicted molar refractivity (Wildman–Crippen MR) is 87.1 cm³/mol. The van der Waals surface area contributed by atoms with Gasteiger partial charge in [0.1, 0.15) is 0 Å². The van der Waals surface area contributed by atoms with Crippen molar-refractivity contribution in [2.75, 3.05) is 13.1 Å². The van der Waals surface area contributed by atoms with Gasteiger partial charge in [-0.3, -0.25) is 4.84 Å². The number of halogens is 1. The Labute approximate surface area is 131 Å². The third kappa shape index (κ3) is 3.85. The first kappa shape index (κ1) is 14.6. The van der Waals surface area contributed by atoms with Crippen LogP contribution in [0.5, 0.6) is 0 Å². The zero-order valence-corrected chi connectivity index (χ0v) is 12.9. The molecule has 2 nitrogen and oxygen atoms in total. The molecular formula is C18H20ClNO. The van der Waals surface area contributed by atoms with Crippen molar-refractivity contribution in [3.63, 3.8) is 0 Å². The van der Waals surface area contributed by atoms with Gasteiger partial charge in [-0.2, -0.15) is 5.06 Å². The second kappa shape index (κ2) is 7.08. The Hall–Kier alpha value is -1.35. The van der Waals surface area contributed by atoms with Crippen LogP contribution in [0.1, 0.15) is 24.8 Å². The molecule has 1 aliphatic heterocycles. The number of hydroxylamine groups is 2. The van der Waals surface area contributed by atoms with Crippen molar-refractivity contribution >= 4 is 11.6 Å². The first-order chi connectivity index (χ1) is 10.3. The second-order valence-corrected chi connectivity index (χ2v) is 5.85. The minimum absolute atomic E-state index is 0.642. The van der Waals surface area contributed by atoms with Gasteiger partial charge < -0.3 is 0 Å². The largest absolute Gasteiger partial charge is 0.294 e. The van der Waals surface area contributed by atoms with Gasteiger partial charge in [0.15, 0.2) is 0 Å². The molecule has 2 aromatic rings. The molecule has 1 fully saturated rings. The second-order valence-electron chi connectivity index (χ2n) is 5.44. The van der Waals surface area contributed by atoms with E-state index in [1.807, 2.05) is 24.3 Å². The van der Waals surface area contributed by atoms with Crippen molar-refractivity contribution in [1.82, 2.24) is 5.06 Å². The lowest BCUT2D eigenvalue weighted by Crippen LogP contribution is -2.29. The van der Waals surface area contributed by atoms with E-state index in [1.165, 1.54) is 24.8 Å². The van der Waals surface area contributed by atoms with E-state index in [0.29, 0.717) is 6.61 Å². The Balaban J connectivity index is 1.63. The lowest BCUT2D eigenvalue weighted by molar-refractivity contribution is -0.178. The Kier molecular flexibility index (Phi) is 4.91. The summed E-state index contributed by atoms with van der Waals surface area (Å²) in [6.07, 6.45) is 3.81. The highest BCUT2D eigenvalue weighted by Crippen LogP contribution is 2.27. The molecule has 0 aromatic heterocycles. The average molecular weight is 302 g/mol. The summed E-state index contributed by atoms with van der Waals surface area (Å²) in [6.45, 7) is 2.75. The van der Waals surface area contributed by atoms with E-state index in [2.05, 4.69) is 29.3 Å². The molecule has 0 atom stereocenters. The molecule has 1 heterocycles. The molecule has 0 bridgehead atoms. The molecule has 3 heteroatoms. The summed E-state index contributed by atoms with van der Waals surface area (Å²) in [5.74, 6) is 0. The lowest BCUT2D eigenvalue weighted by Gasteiger charge is -2.25. The standard InChI is InChI=1S/C18H20ClNO/c19-18-7-3-2-6-17(18)16-10-8-15(9-11-16)14-21-20-12-4-1-5-13-20/h2-3,6-11H,1,4-5,12-14H2. The summed E-state index contributed by atoms with van der Waals surface area (Å²) in [6, 6.07) is 16.4. The quantitative estimate of drug-likeness (QED) is 0.794. The number of hydrogen-bond acceptors (Lipinski definition) is 2. The maximum absolute atomic E-state index is 6.23. The molecule has 21 heavy (non-hydrogen) atoms. The Bertz CT molecular complexity index is 576. The van der Waals surface area contributed by atoms with Crippen LogP contribution in [0.15, 0.2) is 48.5 Å². The first-order valence-corrected chi connectivity index (χ1v) is 7.92. The normalized spacial score (nSPS) is 16.0. The molecule has 0 aliphatic carbocycles. The number of hydrogen-bond donors (Lipinski definition) is 0. The molecule has 0 spiro atoms. The molecule has 2 aromatic carbocycles. The van der Waals surface area contributed by atoms with Crippen LogP contribution in [0.2, 0.25) is 5.02 Å². The van der Waals surface area contributed by atoms with E-state index in [4.69, 9.17) is 16.4 Å². The number of piperidine rings is 1. The fraction of sp³-hybridized carbons (Fsp3) is 0.333. The maximum Gasteiger partial charge on any atom is 0.0935 e. The minimum Gasteiger partial charge on any atom is -0.294 e. The number of nitrogens with zero attached hydrogens (tertiary/aromatic N) is 1. The fourth-order valence-electron chi connectivity index (χ4n) is 2.64. The van der Waals surface area contributed by atoms with E-state index in [9.17, 15) is 0 Å². The summed E-state index contributed by atoms with van der Waals surface area (Å²) in [4.78, 5) is 5.85. The first-order valence-electron chi connectivity index (χ1n) is 7.54. The predicted octanol–water partition coefficient (Wildman–Crippen LogP) is 4.92. The van der Waals surface area contributed by atoms with Crippen LogP contribution in [0, 0.1) is 0 Å². The van der Waals surface area contributed by atoms with Crippen molar-refractivity contribution in [2.24, 2.45) is 0 Å². The Morgan fingerprint density at radius 1 is 0.905 bits per heavy atom. The summed E-state index contributed by atoms with van der Waals surface area (Å²) in [5, 5.41) is 2.88. The van der Waals surface area contributed by atoms with Crippen LogP contribution in [-0.2, 0) is 11.4 Å². The summed E-state index contributed by atoms with van der Waals surface area (Å²) >= 11 is 6.23. The van der Waals surface area contributed by atoms with Crippen molar-refractivity contribution in [1.29, 1.82) is 0 Å². The van der Waals surface area contributed by atoms with Gasteiger partial charge in [-0.25, -0.2) is 0 Å². The summed E-state index contributed by atoms with van der Waals surface area (Å²) in [7, 11) is 0. The molecule has 0 amide bonds. The van der Waals surface area contributed by atoms with E-state index >= 15 is 0 Å². The zero-order valence-electron chi connectivity index (χ0n) is 12.1. The maximum atomic E-state index is 6.23. The van der Waals surface area contributed by atoms with E-state index in [1.54, 1.807) is 0 Å². The topological polar surface area (TPSA) is 12.5 Å². The molecule has 1 aliphatic rings. The molecule has 0 radical (unpaired) electrons. The summed E-state index contributed by atoms with van der Waals surface area (Å²) < 4.78 is 0. The number of rotatable bonds is 4. The van der Waals surface area contributed by atoms with E-state index in [0.717, 1.165) is 29.2 Å². The fourth-order valence-corrected chi connectivity index (χ4v) is 2.88. The van der Waals surface area contributed by atoms with Gasteiger partial charge in [-0.1, -0.05) is 60.5 Å². The summed E-state index contributed by atoms with van der Waals surface area (Å²) in [5.41, 5.74) is 3.40. The van der Waals surface area contributed by atoms with Crippen LogP contribution in [0.3, 0.4) is 0 Å². The zero-order chi connectivity index (χ0) is 14.5. The molecule has 3 rings (SSSR count). The van der Waals surface area contributed by atoms with E-state index in [-0.39, 0.29) is 0 Å². The van der Waals surface area contributed by atoms with Crippen LogP contribution >= 0.6 is 11.6 Å². The third-order valence-corrected chi connectivity index (χ3v) is 4.20. The lowest BCUT2D eigenvalue weighted by atomic mass is 10.0. The van der Waals surface area contributed by atoms with Crippen molar-refractivity contribution in [3.05, 3.63) is 59.1 Å². The SMILES string of the molecule is Clc1ccccc1-c1ccc(CON2CCCCC2)cc1. The molecule has 110 valence electrons. The van der Waals surface area contributed by atoms with Gasteiger partial charge in [0, 0.05) is 23.7 Å². The van der Waals surface area contributed by atoms with Gasteiger partial charge in [0.2, 0.25) is 0 Å². The highest BCUT2D eigenvalue weighted by molar-refractivity contribution is 6.33. The molecule has 0 unspecified atom stereocenters. The van der Waals surface area contributed by atoms with Crippen molar-refractivity contribution in [2.45, 2.75) is 25.9 Å². The van der Waals surface area contributed by atoms with Gasteiger partial charge in [-0.15, -0.1) is 0 Å². The van der Waals surface area contributed by atoms with Crippen LogP contribution in [0.25, 0.3) is 11.1 Å². The average Bonchev–Trinajstić information content (AvgIpc) is 2.55. The van der Waals surface area contributed by atoms with Crippen LogP contribution < -0.4 is 0 Å². The van der Waals surface area contributed by atoms with Crippen molar-refractivity contribution < 1.29 is 4.84 Å². The highest BCUT2D eigenvalue weighted by atomic mass is 35.5. The van der Waals surface area contributed by atoms with Crippen LogP contribution in [-0.4, -0.2) is 18.2 Å². The highest BCUT2D eigenvalue weighted by Gasteiger charge is 2.10. The van der Waals surface area contributed by atoms with E-state index < -0.39 is 0 Å².